The number of benzene rings is 2. The van der Waals surface area contributed by atoms with E-state index in [0.717, 1.165) is 44.3 Å². The Hall–Kier alpha value is -2.69. The van der Waals surface area contributed by atoms with Crippen LogP contribution in [0.15, 0.2) is 54.6 Å². The van der Waals surface area contributed by atoms with Crippen LogP contribution in [0.25, 0.3) is 0 Å². The molecular formula is C25H29FN2O2. The van der Waals surface area contributed by atoms with Gasteiger partial charge in [0.1, 0.15) is 5.82 Å². The van der Waals surface area contributed by atoms with Crippen molar-refractivity contribution in [1.82, 2.24) is 9.80 Å². The third-order valence-corrected chi connectivity index (χ3v) is 6.47. The highest BCUT2D eigenvalue weighted by molar-refractivity contribution is 5.82. The molecule has 0 spiro atoms. The molecule has 2 amide bonds. The van der Waals surface area contributed by atoms with Crippen LogP contribution in [0, 0.1) is 11.7 Å². The normalized spacial score (nSPS) is 20.2. The molecule has 2 aromatic rings. The standard InChI is InChI=1S/C25H29FN2O2/c26-23-10-8-19(9-11-23)17-24(29)28-14-4-7-22(18-28)25(30)27-15-12-21(13-16-27)20-5-2-1-3-6-20/h1-3,5-6,8-11,21-22H,4,7,12-18H2. The van der Waals surface area contributed by atoms with Gasteiger partial charge >= 0.3 is 0 Å². The van der Waals surface area contributed by atoms with E-state index in [2.05, 4.69) is 24.3 Å². The summed E-state index contributed by atoms with van der Waals surface area (Å²) >= 11 is 0. The zero-order valence-electron chi connectivity index (χ0n) is 17.3. The van der Waals surface area contributed by atoms with Gasteiger partial charge in [0.2, 0.25) is 11.8 Å². The summed E-state index contributed by atoms with van der Waals surface area (Å²) in [5, 5.41) is 0. The van der Waals surface area contributed by atoms with E-state index in [9.17, 15) is 14.0 Å². The molecule has 1 unspecified atom stereocenters. The quantitative estimate of drug-likeness (QED) is 0.767. The van der Waals surface area contributed by atoms with E-state index in [1.54, 1.807) is 12.1 Å². The van der Waals surface area contributed by atoms with E-state index in [4.69, 9.17) is 0 Å². The lowest BCUT2D eigenvalue weighted by molar-refractivity contribution is -0.141. The minimum atomic E-state index is -0.300. The SMILES string of the molecule is O=C(Cc1ccc(F)cc1)N1CCCC(C(=O)N2CCC(c3ccccc3)CC2)C1. The molecule has 2 aromatic carbocycles. The van der Waals surface area contributed by atoms with Crippen molar-refractivity contribution in [2.24, 2.45) is 5.92 Å². The van der Waals surface area contributed by atoms with Gasteiger partial charge in [0.25, 0.3) is 0 Å². The summed E-state index contributed by atoms with van der Waals surface area (Å²) in [6.07, 6.45) is 3.94. The lowest BCUT2D eigenvalue weighted by Gasteiger charge is -2.38. The molecule has 0 radical (unpaired) electrons. The zero-order chi connectivity index (χ0) is 20.9. The van der Waals surface area contributed by atoms with Crippen LogP contribution in [0.5, 0.6) is 0 Å². The van der Waals surface area contributed by atoms with Crippen molar-refractivity contribution in [3.05, 3.63) is 71.5 Å². The van der Waals surface area contributed by atoms with Gasteiger partial charge in [-0.25, -0.2) is 4.39 Å². The van der Waals surface area contributed by atoms with Crippen LogP contribution in [-0.4, -0.2) is 47.8 Å². The predicted molar refractivity (Wildman–Crippen MR) is 114 cm³/mol. The number of amides is 2. The topological polar surface area (TPSA) is 40.6 Å². The largest absolute Gasteiger partial charge is 0.342 e. The number of hydrogen-bond donors (Lipinski definition) is 0. The molecule has 4 nitrogen and oxygen atoms in total. The molecule has 0 aromatic heterocycles. The van der Waals surface area contributed by atoms with Gasteiger partial charge in [-0.2, -0.15) is 0 Å². The summed E-state index contributed by atoms with van der Waals surface area (Å²) in [5.41, 5.74) is 2.16. The molecule has 1 atom stereocenters. The summed E-state index contributed by atoms with van der Waals surface area (Å²) in [5.74, 6) is 0.327. The molecular weight excluding hydrogens is 379 g/mol. The maximum absolute atomic E-state index is 13.1. The van der Waals surface area contributed by atoms with E-state index >= 15 is 0 Å². The lowest BCUT2D eigenvalue weighted by atomic mass is 9.88. The highest BCUT2D eigenvalue weighted by Gasteiger charge is 2.33. The number of hydrogen-bond acceptors (Lipinski definition) is 2. The Morgan fingerprint density at radius 2 is 1.57 bits per heavy atom. The molecule has 2 saturated heterocycles. The van der Waals surface area contributed by atoms with Gasteiger partial charge in [0.05, 0.1) is 12.3 Å². The first-order valence-electron chi connectivity index (χ1n) is 11.0. The van der Waals surface area contributed by atoms with Crippen molar-refractivity contribution in [2.75, 3.05) is 26.2 Å². The fourth-order valence-electron chi connectivity index (χ4n) is 4.71. The third-order valence-electron chi connectivity index (χ3n) is 6.47. The minimum Gasteiger partial charge on any atom is -0.342 e. The van der Waals surface area contributed by atoms with E-state index in [-0.39, 0.29) is 30.0 Å². The maximum Gasteiger partial charge on any atom is 0.227 e. The molecule has 0 bridgehead atoms. The first-order chi connectivity index (χ1) is 14.6. The highest BCUT2D eigenvalue weighted by atomic mass is 19.1. The maximum atomic E-state index is 13.1. The van der Waals surface area contributed by atoms with Crippen molar-refractivity contribution >= 4 is 11.8 Å². The summed E-state index contributed by atoms with van der Waals surface area (Å²) in [6, 6.07) is 16.6. The first kappa shape index (κ1) is 20.6. The Bertz CT molecular complexity index is 860. The van der Waals surface area contributed by atoms with Crippen LogP contribution < -0.4 is 0 Å². The van der Waals surface area contributed by atoms with Crippen LogP contribution in [0.3, 0.4) is 0 Å². The number of rotatable bonds is 4. The number of likely N-dealkylation sites (tertiary alicyclic amines) is 2. The number of carbonyl (C=O) groups excluding carboxylic acids is 2. The summed E-state index contributed by atoms with van der Waals surface area (Å²) in [6.45, 7) is 2.77. The number of halogens is 1. The molecule has 0 saturated carbocycles. The van der Waals surface area contributed by atoms with Crippen molar-refractivity contribution < 1.29 is 14.0 Å². The Morgan fingerprint density at radius 1 is 0.867 bits per heavy atom. The van der Waals surface area contributed by atoms with Gasteiger partial charge in [-0.3, -0.25) is 9.59 Å². The second kappa shape index (κ2) is 9.41. The number of piperidine rings is 2. The van der Waals surface area contributed by atoms with E-state index in [0.29, 0.717) is 19.0 Å². The molecule has 2 heterocycles. The van der Waals surface area contributed by atoms with Gasteiger partial charge in [-0.05, 0) is 54.9 Å². The highest BCUT2D eigenvalue weighted by Crippen LogP contribution is 2.29. The average Bonchev–Trinajstić information content (AvgIpc) is 2.81. The molecule has 2 aliphatic rings. The van der Waals surface area contributed by atoms with Crippen LogP contribution in [0.2, 0.25) is 0 Å². The van der Waals surface area contributed by atoms with E-state index < -0.39 is 0 Å². The van der Waals surface area contributed by atoms with Gasteiger partial charge in [0.15, 0.2) is 0 Å². The Morgan fingerprint density at radius 3 is 2.27 bits per heavy atom. The summed E-state index contributed by atoms with van der Waals surface area (Å²) < 4.78 is 13.1. The monoisotopic (exact) mass is 408 g/mol. The van der Waals surface area contributed by atoms with Gasteiger partial charge in [-0.1, -0.05) is 42.5 Å². The van der Waals surface area contributed by atoms with Crippen molar-refractivity contribution in [1.29, 1.82) is 0 Å². The Labute approximate surface area is 177 Å². The van der Waals surface area contributed by atoms with Crippen molar-refractivity contribution in [3.8, 4) is 0 Å². The fourth-order valence-corrected chi connectivity index (χ4v) is 4.71. The third kappa shape index (κ3) is 4.89. The van der Waals surface area contributed by atoms with Crippen LogP contribution in [0.4, 0.5) is 4.39 Å². The molecule has 0 aliphatic carbocycles. The smallest absolute Gasteiger partial charge is 0.227 e. The molecule has 30 heavy (non-hydrogen) atoms. The second-order valence-electron chi connectivity index (χ2n) is 8.49. The molecule has 5 heteroatoms. The first-order valence-corrected chi connectivity index (χ1v) is 11.0. The minimum absolute atomic E-state index is 0.0156. The molecule has 4 rings (SSSR count). The zero-order valence-corrected chi connectivity index (χ0v) is 17.3. The van der Waals surface area contributed by atoms with Gasteiger partial charge in [-0.15, -0.1) is 0 Å². The van der Waals surface area contributed by atoms with Crippen LogP contribution >= 0.6 is 0 Å². The van der Waals surface area contributed by atoms with E-state index in [1.165, 1.54) is 17.7 Å². The fraction of sp³-hybridized carbons (Fsp3) is 0.440. The van der Waals surface area contributed by atoms with Crippen molar-refractivity contribution in [3.63, 3.8) is 0 Å². The molecule has 0 N–H and O–H groups in total. The second-order valence-corrected chi connectivity index (χ2v) is 8.49. The Balaban J connectivity index is 1.30. The number of carbonyl (C=O) groups is 2. The molecule has 2 aliphatic heterocycles. The Kier molecular flexibility index (Phi) is 6.46. The van der Waals surface area contributed by atoms with E-state index in [1.807, 2.05) is 15.9 Å². The summed E-state index contributed by atoms with van der Waals surface area (Å²) in [4.78, 5) is 29.6. The molecule has 2 fully saturated rings. The molecule has 158 valence electrons. The van der Waals surface area contributed by atoms with Gasteiger partial charge in [0, 0.05) is 26.2 Å². The van der Waals surface area contributed by atoms with Crippen LogP contribution in [-0.2, 0) is 16.0 Å². The number of nitrogens with zero attached hydrogens (tertiary/aromatic N) is 2. The van der Waals surface area contributed by atoms with Gasteiger partial charge < -0.3 is 9.80 Å². The summed E-state index contributed by atoms with van der Waals surface area (Å²) in [7, 11) is 0. The average molecular weight is 409 g/mol. The van der Waals surface area contributed by atoms with Crippen LogP contribution in [0.1, 0.15) is 42.7 Å². The lowest BCUT2D eigenvalue weighted by Crippen LogP contribution is -2.48. The van der Waals surface area contributed by atoms with Crippen molar-refractivity contribution in [2.45, 2.75) is 38.0 Å². The predicted octanol–water partition coefficient (Wildman–Crippen LogP) is 4.01.